The molecule has 0 aliphatic heterocycles. The number of hydrogen-bond donors (Lipinski definition) is 2. The van der Waals surface area contributed by atoms with Gasteiger partial charge in [-0.25, -0.2) is 4.79 Å². The largest absolute Gasteiger partial charge is 0.493 e. The molecule has 0 heterocycles. The van der Waals surface area contributed by atoms with E-state index in [2.05, 4.69) is 6.07 Å². The number of carboxylic acids is 1. The maximum absolute atomic E-state index is 11.4. The van der Waals surface area contributed by atoms with E-state index in [0.717, 1.165) is 5.56 Å². The number of ether oxygens (including phenoxy) is 2. The van der Waals surface area contributed by atoms with Crippen molar-refractivity contribution in [2.24, 2.45) is 11.8 Å². The van der Waals surface area contributed by atoms with Gasteiger partial charge in [-0.3, -0.25) is 0 Å². The second kappa shape index (κ2) is 6.81. The molecular formula is C20H25NO5. The van der Waals surface area contributed by atoms with Gasteiger partial charge >= 0.3 is 5.97 Å². The first-order chi connectivity index (χ1) is 12.3. The van der Waals surface area contributed by atoms with Gasteiger partial charge in [0.25, 0.3) is 0 Å². The molecule has 0 aromatic heterocycles. The molecule has 2 aliphatic carbocycles. The number of carboxylic acid groups (broad SMARTS) is 1. The van der Waals surface area contributed by atoms with Crippen LogP contribution in [0.3, 0.4) is 0 Å². The molecule has 2 aliphatic rings. The zero-order chi connectivity index (χ0) is 18.9. The fraction of sp³-hybridized carbons (Fsp3) is 0.600. The summed E-state index contributed by atoms with van der Waals surface area (Å²) < 4.78 is 11.3. The molecule has 0 saturated heterocycles. The minimum atomic E-state index is -1.78. The van der Waals surface area contributed by atoms with Gasteiger partial charge < -0.3 is 19.7 Å². The Morgan fingerprint density at radius 1 is 1.35 bits per heavy atom. The lowest BCUT2D eigenvalue weighted by molar-refractivity contribution is -0.169. The average molecular weight is 359 g/mol. The van der Waals surface area contributed by atoms with Crippen LogP contribution in [0, 0.1) is 23.2 Å². The summed E-state index contributed by atoms with van der Waals surface area (Å²) in [6.07, 6.45) is 2.96. The van der Waals surface area contributed by atoms with Crippen molar-refractivity contribution in [3.05, 3.63) is 23.8 Å². The lowest BCUT2D eigenvalue weighted by Gasteiger charge is -2.42. The number of rotatable bonds is 6. The summed E-state index contributed by atoms with van der Waals surface area (Å²) in [4.78, 5) is 11.4. The number of aliphatic hydroxyl groups is 1. The fourth-order valence-electron chi connectivity index (χ4n) is 3.77. The SMILES string of the molecule is COc1ccc(C2(C#N)CC[C@@](O)(C(=O)O)[C@@H](C)C2)cc1OCC1CC1. The molecule has 3 atom stereocenters. The minimum Gasteiger partial charge on any atom is -0.493 e. The number of methoxy groups -OCH3 is 1. The summed E-state index contributed by atoms with van der Waals surface area (Å²) in [6.45, 7) is 2.32. The second-order valence-electron chi connectivity index (χ2n) is 7.65. The topological polar surface area (TPSA) is 99.8 Å². The van der Waals surface area contributed by atoms with Crippen molar-refractivity contribution in [2.45, 2.75) is 50.0 Å². The molecule has 2 N–H and O–H groups in total. The molecule has 26 heavy (non-hydrogen) atoms. The van der Waals surface area contributed by atoms with Crippen LogP contribution in [-0.2, 0) is 10.2 Å². The molecule has 2 saturated carbocycles. The van der Waals surface area contributed by atoms with E-state index in [1.807, 2.05) is 12.1 Å². The number of hydrogen-bond acceptors (Lipinski definition) is 5. The third kappa shape index (κ3) is 3.24. The van der Waals surface area contributed by atoms with Crippen molar-refractivity contribution in [3.8, 4) is 17.6 Å². The van der Waals surface area contributed by atoms with Crippen LogP contribution in [0.25, 0.3) is 0 Å². The Morgan fingerprint density at radius 2 is 2.08 bits per heavy atom. The number of nitrogens with zero attached hydrogens (tertiary/aromatic N) is 1. The molecule has 1 unspecified atom stereocenters. The zero-order valence-corrected chi connectivity index (χ0v) is 15.2. The van der Waals surface area contributed by atoms with Crippen LogP contribution in [-0.4, -0.2) is 35.5 Å². The van der Waals surface area contributed by atoms with Gasteiger partial charge in [-0.05, 0) is 61.6 Å². The molecule has 1 aromatic rings. The van der Waals surface area contributed by atoms with Crippen LogP contribution >= 0.6 is 0 Å². The van der Waals surface area contributed by atoms with Crippen molar-refractivity contribution in [1.29, 1.82) is 5.26 Å². The highest BCUT2D eigenvalue weighted by molar-refractivity contribution is 5.78. The monoisotopic (exact) mass is 359 g/mol. The summed E-state index contributed by atoms with van der Waals surface area (Å²) in [5, 5.41) is 29.7. The van der Waals surface area contributed by atoms with Crippen molar-refractivity contribution in [2.75, 3.05) is 13.7 Å². The van der Waals surface area contributed by atoms with Gasteiger partial charge in [0, 0.05) is 0 Å². The van der Waals surface area contributed by atoms with E-state index in [4.69, 9.17) is 9.47 Å². The molecule has 3 rings (SSSR count). The van der Waals surface area contributed by atoms with Crippen molar-refractivity contribution in [1.82, 2.24) is 0 Å². The standard InChI is InChI=1S/C20H25NO5/c1-13-10-19(12-21,7-8-20(13,24)18(22)23)15-5-6-16(25-2)17(9-15)26-11-14-3-4-14/h5-6,9,13-14,24H,3-4,7-8,10-11H2,1-2H3,(H,22,23)/t13-,19?,20-/m0/s1. The normalized spacial score (nSPS) is 31.1. The van der Waals surface area contributed by atoms with E-state index in [1.54, 1.807) is 20.1 Å². The van der Waals surface area contributed by atoms with Crippen LogP contribution in [0.2, 0.25) is 0 Å². The zero-order valence-electron chi connectivity index (χ0n) is 15.2. The van der Waals surface area contributed by atoms with Crippen LogP contribution in [0.1, 0.15) is 44.6 Å². The molecule has 1 aromatic carbocycles. The second-order valence-corrected chi connectivity index (χ2v) is 7.65. The van der Waals surface area contributed by atoms with Gasteiger partial charge in [0.1, 0.15) is 0 Å². The maximum Gasteiger partial charge on any atom is 0.335 e. The Hall–Kier alpha value is -2.26. The van der Waals surface area contributed by atoms with Crippen molar-refractivity contribution < 1.29 is 24.5 Å². The average Bonchev–Trinajstić information content (AvgIpc) is 3.46. The first-order valence-corrected chi connectivity index (χ1v) is 9.03. The van der Waals surface area contributed by atoms with Gasteiger partial charge in [-0.15, -0.1) is 0 Å². The molecule has 140 valence electrons. The van der Waals surface area contributed by atoms with Crippen molar-refractivity contribution >= 4 is 5.97 Å². The third-order valence-electron chi connectivity index (χ3n) is 5.87. The Bertz CT molecular complexity index is 738. The van der Waals surface area contributed by atoms with Gasteiger partial charge in [0.2, 0.25) is 0 Å². The Labute approximate surface area is 153 Å². The van der Waals surface area contributed by atoms with Gasteiger partial charge in [-0.1, -0.05) is 13.0 Å². The van der Waals surface area contributed by atoms with Crippen LogP contribution in [0.4, 0.5) is 0 Å². The predicted molar refractivity (Wildman–Crippen MR) is 94.1 cm³/mol. The number of benzene rings is 1. The molecule has 6 nitrogen and oxygen atoms in total. The van der Waals surface area contributed by atoms with E-state index in [-0.39, 0.29) is 19.3 Å². The first kappa shape index (κ1) is 18.5. The third-order valence-corrected chi connectivity index (χ3v) is 5.87. The van der Waals surface area contributed by atoms with E-state index in [0.29, 0.717) is 24.0 Å². The quantitative estimate of drug-likeness (QED) is 0.810. The number of carbonyl (C=O) groups is 1. The van der Waals surface area contributed by atoms with Gasteiger partial charge in [-0.2, -0.15) is 5.26 Å². The predicted octanol–water partition coefficient (Wildman–Crippen LogP) is 2.88. The summed E-state index contributed by atoms with van der Waals surface area (Å²) in [6, 6.07) is 7.85. The highest BCUT2D eigenvalue weighted by Crippen LogP contribution is 2.47. The molecule has 0 spiro atoms. The van der Waals surface area contributed by atoms with E-state index in [9.17, 15) is 20.3 Å². The lowest BCUT2D eigenvalue weighted by Crippen LogP contribution is -2.52. The first-order valence-electron chi connectivity index (χ1n) is 9.03. The summed E-state index contributed by atoms with van der Waals surface area (Å²) in [7, 11) is 1.58. The van der Waals surface area contributed by atoms with E-state index < -0.39 is 22.9 Å². The summed E-state index contributed by atoms with van der Waals surface area (Å²) in [5.74, 6) is 0.0614. The van der Waals surface area contributed by atoms with Gasteiger partial charge in [0.05, 0.1) is 25.2 Å². The molecule has 2 fully saturated rings. The highest BCUT2D eigenvalue weighted by Gasteiger charge is 2.52. The molecule has 0 radical (unpaired) electrons. The molecule has 0 amide bonds. The van der Waals surface area contributed by atoms with Crippen LogP contribution in [0.15, 0.2) is 18.2 Å². The summed E-state index contributed by atoms with van der Waals surface area (Å²) >= 11 is 0. The van der Waals surface area contributed by atoms with E-state index in [1.165, 1.54) is 12.8 Å². The smallest absolute Gasteiger partial charge is 0.335 e. The molecule has 6 heteroatoms. The minimum absolute atomic E-state index is 0.0430. The van der Waals surface area contributed by atoms with E-state index >= 15 is 0 Å². The van der Waals surface area contributed by atoms with Crippen molar-refractivity contribution in [3.63, 3.8) is 0 Å². The lowest BCUT2D eigenvalue weighted by atomic mass is 9.61. The maximum atomic E-state index is 11.4. The Morgan fingerprint density at radius 3 is 2.62 bits per heavy atom. The number of nitriles is 1. The van der Waals surface area contributed by atoms with Gasteiger partial charge in [0.15, 0.2) is 17.1 Å². The van der Waals surface area contributed by atoms with Crippen LogP contribution in [0.5, 0.6) is 11.5 Å². The fourth-order valence-corrected chi connectivity index (χ4v) is 3.77. The summed E-state index contributed by atoms with van der Waals surface area (Å²) in [5.41, 5.74) is -1.84. The molecule has 0 bridgehead atoms. The Balaban J connectivity index is 1.89. The highest BCUT2D eigenvalue weighted by atomic mass is 16.5. The molecular weight excluding hydrogens is 334 g/mol. The Kier molecular flexibility index (Phi) is 4.85. The van der Waals surface area contributed by atoms with Crippen LogP contribution < -0.4 is 9.47 Å². The number of aliphatic carboxylic acids is 1.